The molecule has 0 bridgehead atoms. The van der Waals surface area contributed by atoms with Crippen LogP contribution in [0.5, 0.6) is 0 Å². The minimum absolute atomic E-state index is 0.143. The van der Waals surface area contributed by atoms with Crippen LogP contribution in [0, 0.1) is 0 Å². The molecule has 4 nitrogen and oxygen atoms in total. The lowest BCUT2D eigenvalue weighted by Gasteiger charge is -2.14. The van der Waals surface area contributed by atoms with E-state index in [1.54, 1.807) is 11.8 Å². The van der Waals surface area contributed by atoms with Gasteiger partial charge in [0.2, 0.25) is 5.91 Å². The van der Waals surface area contributed by atoms with Crippen LogP contribution < -0.4 is 0 Å². The van der Waals surface area contributed by atoms with Crippen molar-refractivity contribution in [2.75, 3.05) is 13.2 Å². The second-order valence-corrected chi connectivity index (χ2v) is 5.90. The van der Waals surface area contributed by atoms with Gasteiger partial charge in [0.15, 0.2) is 0 Å². The van der Waals surface area contributed by atoms with Gasteiger partial charge in [0.05, 0.1) is 6.54 Å². The summed E-state index contributed by atoms with van der Waals surface area (Å²) < 4.78 is 4.76. The Bertz CT molecular complexity index is 449. The maximum atomic E-state index is 11.9. The molecule has 0 spiro atoms. The summed E-state index contributed by atoms with van der Waals surface area (Å²) in [6.07, 6.45) is -0.141. The molecular weight excluding hydrogens is 262 g/mol. The summed E-state index contributed by atoms with van der Waals surface area (Å²) in [7, 11) is 0. The quantitative estimate of drug-likeness (QED) is 0.831. The zero-order valence-corrected chi connectivity index (χ0v) is 11.7. The van der Waals surface area contributed by atoms with E-state index < -0.39 is 6.09 Å². The lowest BCUT2D eigenvalue weighted by atomic mass is 10.2. The third kappa shape index (κ3) is 3.99. The molecule has 1 heterocycles. The smallest absolute Gasteiger partial charge is 0.416 e. The van der Waals surface area contributed by atoms with Crippen molar-refractivity contribution in [3.63, 3.8) is 0 Å². The number of carbonyl (C=O) groups is 2. The Morgan fingerprint density at radius 2 is 2.16 bits per heavy atom. The lowest BCUT2D eigenvalue weighted by Crippen LogP contribution is -2.33. The van der Waals surface area contributed by atoms with Crippen molar-refractivity contribution < 1.29 is 14.3 Å². The first-order valence-electron chi connectivity index (χ1n) is 6.29. The number of carbonyl (C=O) groups excluding carboxylic acids is 2. The number of ether oxygens (including phenoxy) is 1. The molecule has 0 N–H and O–H groups in total. The minimum Gasteiger partial charge on any atom is -0.447 e. The largest absolute Gasteiger partial charge is 0.447 e. The summed E-state index contributed by atoms with van der Waals surface area (Å²) in [5.41, 5.74) is 1.24. The van der Waals surface area contributed by atoms with Crippen molar-refractivity contribution in [1.82, 2.24) is 4.90 Å². The van der Waals surface area contributed by atoms with Crippen LogP contribution in [0.2, 0.25) is 0 Å². The molecule has 19 heavy (non-hydrogen) atoms. The first-order chi connectivity index (χ1) is 9.16. The molecule has 1 aliphatic heterocycles. The molecule has 102 valence electrons. The van der Waals surface area contributed by atoms with Gasteiger partial charge in [-0.1, -0.05) is 37.3 Å². The molecule has 0 aromatic heterocycles. The molecule has 1 atom stereocenters. The van der Waals surface area contributed by atoms with E-state index >= 15 is 0 Å². The summed E-state index contributed by atoms with van der Waals surface area (Å²) >= 11 is 1.72. The Kier molecular flexibility index (Phi) is 4.85. The fourth-order valence-corrected chi connectivity index (χ4v) is 2.78. The summed E-state index contributed by atoms with van der Waals surface area (Å²) in [4.78, 5) is 24.3. The fraction of sp³-hybridized carbons (Fsp3) is 0.429. The standard InChI is InChI=1S/C14H17NO3S/c1-11(19-10-12-5-3-2-4-6-12)9-13(16)15-7-8-18-14(15)17/h2-6,11H,7-10H2,1H3. The number of amides is 2. The molecule has 2 rings (SSSR count). The number of nitrogens with zero attached hydrogens (tertiary/aromatic N) is 1. The molecule has 1 aromatic rings. The number of benzene rings is 1. The third-order valence-corrected chi connectivity index (χ3v) is 4.14. The first kappa shape index (κ1) is 13.9. The monoisotopic (exact) mass is 279 g/mol. The predicted molar refractivity (Wildman–Crippen MR) is 74.9 cm³/mol. The van der Waals surface area contributed by atoms with Crippen molar-refractivity contribution in [2.45, 2.75) is 24.3 Å². The predicted octanol–water partition coefficient (Wildman–Crippen LogP) is 2.68. The maximum absolute atomic E-state index is 11.9. The second-order valence-electron chi connectivity index (χ2n) is 4.47. The zero-order chi connectivity index (χ0) is 13.7. The summed E-state index contributed by atoms with van der Waals surface area (Å²) in [5, 5.41) is 0.182. The van der Waals surface area contributed by atoms with E-state index in [1.807, 2.05) is 25.1 Å². The van der Waals surface area contributed by atoms with Gasteiger partial charge in [-0.15, -0.1) is 0 Å². The second kappa shape index (κ2) is 6.61. The van der Waals surface area contributed by atoms with Gasteiger partial charge in [0, 0.05) is 17.4 Å². The Balaban J connectivity index is 1.76. The van der Waals surface area contributed by atoms with Gasteiger partial charge < -0.3 is 4.74 Å². The SMILES string of the molecule is CC(CC(=O)N1CCOC1=O)SCc1ccccc1. The van der Waals surface area contributed by atoms with Gasteiger partial charge in [-0.2, -0.15) is 11.8 Å². The van der Waals surface area contributed by atoms with E-state index in [-0.39, 0.29) is 11.2 Å². The molecule has 0 radical (unpaired) electrons. The summed E-state index contributed by atoms with van der Waals surface area (Å²) in [5.74, 6) is 0.732. The van der Waals surface area contributed by atoms with Crippen LogP contribution in [0.15, 0.2) is 30.3 Å². The molecule has 0 saturated carbocycles. The zero-order valence-electron chi connectivity index (χ0n) is 10.9. The fourth-order valence-electron chi connectivity index (χ4n) is 1.85. The number of thioether (sulfide) groups is 1. The lowest BCUT2D eigenvalue weighted by molar-refractivity contribution is -0.127. The Labute approximate surface area is 117 Å². The van der Waals surface area contributed by atoms with E-state index in [0.717, 1.165) is 5.75 Å². The molecule has 0 aliphatic carbocycles. The van der Waals surface area contributed by atoms with E-state index in [4.69, 9.17) is 4.74 Å². The number of cyclic esters (lactones) is 1. The van der Waals surface area contributed by atoms with E-state index in [0.29, 0.717) is 19.6 Å². The number of hydrogen-bond donors (Lipinski definition) is 0. The van der Waals surface area contributed by atoms with Crippen molar-refractivity contribution >= 4 is 23.8 Å². The van der Waals surface area contributed by atoms with Crippen LogP contribution in [0.1, 0.15) is 18.9 Å². The molecule has 1 aliphatic rings. The van der Waals surface area contributed by atoms with Crippen molar-refractivity contribution in [3.05, 3.63) is 35.9 Å². The van der Waals surface area contributed by atoms with Gasteiger partial charge in [-0.05, 0) is 5.56 Å². The average Bonchev–Trinajstić information content (AvgIpc) is 2.84. The summed E-state index contributed by atoms with van der Waals surface area (Å²) in [6, 6.07) is 10.1. The van der Waals surface area contributed by atoms with Crippen LogP contribution in [0.3, 0.4) is 0 Å². The Hall–Kier alpha value is -1.49. The molecular formula is C14H17NO3S. The van der Waals surface area contributed by atoms with Crippen LogP contribution in [0.25, 0.3) is 0 Å². The third-order valence-electron chi connectivity index (χ3n) is 2.90. The van der Waals surface area contributed by atoms with E-state index in [1.165, 1.54) is 10.5 Å². The van der Waals surface area contributed by atoms with Crippen molar-refractivity contribution in [2.24, 2.45) is 0 Å². The molecule has 1 unspecified atom stereocenters. The number of imide groups is 1. The molecule has 2 amide bonds. The maximum Gasteiger partial charge on any atom is 0.416 e. The van der Waals surface area contributed by atoms with Crippen LogP contribution >= 0.6 is 11.8 Å². The molecule has 5 heteroatoms. The average molecular weight is 279 g/mol. The van der Waals surface area contributed by atoms with Crippen LogP contribution in [-0.4, -0.2) is 35.3 Å². The van der Waals surface area contributed by atoms with Crippen molar-refractivity contribution in [3.8, 4) is 0 Å². The highest BCUT2D eigenvalue weighted by Crippen LogP contribution is 2.21. The summed E-state index contributed by atoms with van der Waals surface area (Å²) in [6.45, 7) is 2.71. The van der Waals surface area contributed by atoms with Crippen LogP contribution in [0.4, 0.5) is 4.79 Å². The van der Waals surface area contributed by atoms with E-state index in [9.17, 15) is 9.59 Å². The van der Waals surface area contributed by atoms with Gasteiger partial charge >= 0.3 is 6.09 Å². The topological polar surface area (TPSA) is 46.6 Å². The van der Waals surface area contributed by atoms with Crippen molar-refractivity contribution in [1.29, 1.82) is 0 Å². The molecule has 1 fully saturated rings. The Morgan fingerprint density at radius 3 is 2.79 bits per heavy atom. The van der Waals surface area contributed by atoms with Gasteiger partial charge in [-0.3, -0.25) is 4.79 Å². The highest BCUT2D eigenvalue weighted by Gasteiger charge is 2.28. The van der Waals surface area contributed by atoms with Gasteiger partial charge in [0.1, 0.15) is 6.61 Å². The Morgan fingerprint density at radius 1 is 1.42 bits per heavy atom. The van der Waals surface area contributed by atoms with Crippen LogP contribution in [-0.2, 0) is 15.3 Å². The highest BCUT2D eigenvalue weighted by atomic mass is 32.2. The molecule has 1 saturated heterocycles. The normalized spacial score (nSPS) is 16.3. The first-order valence-corrected chi connectivity index (χ1v) is 7.34. The van der Waals surface area contributed by atoms with E-state index in [2.05, 4.69) is 12.1 Å². The van der Waals surface area contributed by atoms with Gasteiger partial charge in [-0.25, -0.2) is 9.69 Å². The van der Waals surface area contributed by atoms with Gasteiger partial charge in [0.25, 0.3) is 0 Å². The molecule has 1 aromatic carbocycles. The number of hydrogen-bond acceptors (Lipinski definition) is 4. The number of rotatable bonds is 5. The minimum atomic E-state index is -0.509. The highest BCUT2D eigenvalue weighted by molar-refractivity contribution is 7.99.